The van der Waals surface area contributed by atoms with Gasteiger partial charge in [-0.3, -0.25) is 0 Å². The molecule has 0 radical (unpaired) electrons. The number of thiophene rings is 1. The summed E-state index contributed by atoms with van der Waals surface area (Å²) in [6, 6.07) is 6.25. The van der Waals surface area contributed by atoms with Crippen molar-refractivity contribution in [1.82, 2.24) is 4.98 Å². The van der Waals surface area contributed by atoms with Crippen LogP contribution in [0.15, 0.2) is 34.1 Å². The number of H-pyrrole nitrogens is 1. The van der Waals surface area contributed by atoms with E-state index in [0.717, 1.165) is 39.5 Å². The van der Waals surface area contributed by atoms with Gasteiger partial charge in [0.05, 0.1) is 21.7 Å². The zero-order chi connectivity index (χ0) is 17.3. The number of nitrogens with one attached hydrogen (secondary N) is 1. The van der Waals surface area contributed by atoms with Crippen LogP contribution >= 0.6 is 27.3 Å². The summed E-state index contributed by atoms with van der Waals surface area (Å²) in [5.74, 6) is 0. The van der Waals surface area contributed by atoms with Crippen LogP contribution in [0.2, 0.25) is 0 Å². The summed E-state index contributed by atoms with van der Waals surface area (Å²) in [6.07, 6.45) is -2.01. The number of aromatic nitrogens is 1. The first-order valence-electron chi connectivity index (χ1n) is 7.57. The molecule has 2 aromatic heterocycles. The van der Waals surface area contributed by atoms with Crippen molar-refractivity contribution in [2.24, 2.45) is 5.73 Å². The Morgan fingerprint density at radius 1 is 1.17 bits per heavy atom. The minimum Gasteiger partial charge on any atom is -0.353 e. The molecule has 3 N–H and O–H groups in total. The molecule has 3 rings (SSSR count). The molecular weight excluding hydrogens is 401 g/mol. The Morgan fingerprint density at radius 3 is 2.58 bits per heavy atom. The van der Waals surface area contributed by atoms with E-state index in [1.165, 1.54) is 17.4 Å². The number of hydrogen-bond acceptors (Lipinski definition) is 2. The van der Waals surface area contributed by atoms with Crippen molar-refractivity contribution in [3.63, 3.8) is 0 Å². The molecule has 3 aromatic rings. The first-order chi connectivity index (χ1) is 11.4. The number of halogens is 4. The van der Waals surface area contributed by atoms with Crippen LogP contribution in [0, 0.1) is 0 Å². The summed E-state index contributed by atoms with van der Waals surface area (Å²) in [5.41, 5.74) is 6.77. The number of para-hydroxylation sites is 1. The number of alkyl halides is 3. The molecule has 0 aliphatic rings. The van der Waals surface area contributed by atoms with Gasteiger partial charge in [0, 0.05) is 9.86 Å². The minimum atomic E-state index is -4.39. The molecule has 2 nitrogen and oxygen atoms in total. The summed E-state index contributed by atoms with van der Waals surface area (Å²) < 4.78 is 40.9. The predicted octanol–water partition coefficient (Wildman–Crippen LogP) is 5.96. The molecule has 0 saturated carbocycles. The van der Waals surface area contributed by atoms with Crippen molar-refractivity contribution in [3.8, 4) is 10.6 Å². The van der Waals surface area contributed by atoms with E-state index in [1.807, 2.05) is 11.4 Å². The van der Waals surface area contributed by atoms with E-state index in [9.17, 15) is 13.2 Å². The van der Waals surface area contributed by atoms with Crippen molar-refractivity contribution in [2.45, 2.75) is 25.4 Å². The maximum atomic E-state index is 13.3. The van der Waals surface area contributed by atoms with Crippen LogP contribution in [0.4, 0.5) is 13.2 Å². The molecule has 0 unspecified atom stereocenters. The number of nitrogens with two attached hydrogens (primary N) is 1. The lowest BCUT2D eigenvalue weighted by molar-refractivity contribution is -0.136. The molecule has 24 heavy (non-hydrogen) atoms. The van der Waals surface area contributed by atoms with Crippen molar-refractivity contribution < 1.29 is 13.2 Å². The lowest BCUT2D eigenvalue weighted by atomic mass is 10.0. The average Bonchev–Trinajstić information content (AvgIpc) is 3.10. The quantitative estimate of drug-likeness (QED) is 0.495. The van der Waals surface area contributed by atoms with Crippen LogP contribution in [0.3, 0.4) is 0 Å². The highest BCUT2D eigenvalue weighted by Gasteiger charge is 2.34. The van der Waals surface area contributed by atoms with Crippen LogP contribution in [-0.2, 0) is 12.6 Å². The lowest BCUT2D eigenvalue weighted by Crippen LogP contribution is -2.05. The van der Waals surface area contributed by atoms with Gasteiger partial charge < -0.3 is 10.7 Å². The van der Waals surface area contributed by atoms with Crippen molar-refractivity contribution in [1.29, 1.82) is 0 Å². The number of fused-ring (bicyclic) bond motifs is 1. The van der Waals surface area contributed by atoms with Gasteiger partial charge in [-0.05, 0) is 64.8 Å². The topological polar surface area (TPSA) is 41.8 Å². The van der Waals surface area contributed by atoms with Gasteiger partial charge in [-0.2, -0.15) is 13.2 Å². The van der Waals surface area contributed by atoms with E-state index < -0.39 is 11.7 Å². The van der Waals surface area contributed by atoms with E-state index in [1.54, 1.807) is 6.07 Å². The zero-order valence-corrected chi connectivity index (χ0v) is 15.1. The second-order valence-electron chi connectivity index (χ2n) is 5.55. The summed E-state index contributed by atoms with van der Waals surface area (Å²) in [4.78, 5) is 3.96. The standard InChI is InChI=1S/C17H16BrF3N2S/c18-13-7-9-24-16(13)15-11(4-1-2-8-22)10-5-3-6-12(14(10)23-15)17(19,20)21/h3,5-7,9,23H,1-2,4,8,22H2. The van der Waals surface area contributed by atoms with Gasteiger partial charge in [0.25, 0.3) is 0 Å². The number of benzene rings is 1. The van der Waals surface area contributed by atoms with Crippen LogP contribution in [0.25, 0.3) is 21.5 Å². The Labute approximate surface area is 150 Å². The fourth-order valence-electron chi connectivity index (χ4n) is 2.88. The van der Waals surface area contributed by atoms with Crippen molar-refractivity contribution in [3.05, 3.63) is 45.2 Å². The maximum absolute atomic E-state index is 13.3. The third kappa shape index (κ3) is 3.25. The third-order valence-corrected chi connectivity index (χ3v) is 5.83. The second kappa shape index (κ2) is 6.90. The summed E-state index contributed by atoms with van der Waals surface area (Å²) in [6.45, 7) is 0.578. The monoisotopic (exact) mass is 416 g/mol. The molecule has 128 valence electrons. The Bertz CT molecular complexity index is 851. The Hall–Kier alpha value is -1.31. The fraction of sp³-hybridized carbons (Fsp3) is 0.294. The van der Waals surface area contributed by atoms with E-state index in [4.69, 9.17) is 5.73 Å². The number of rotatable bonds is 5. The van der Waals surface area contributed by atoms with Crippen LogP contribution < -0.4 is 5.73 Å². The van der Waals surface area contributed by atoms with Crippen molar-refractivity contribution >= 4 is 38.2 Å². The fourth-order valence-corrected chi connectivity index (χ4v) is 4.48. The minimum absolute atomic E-state index is 0.156. The molecule has 0 atom stereocenters. The largest absolute Gasteiger partial charge is 0.418 e. The summed E-state index contributed by atoms with van der Waals surface area (Å²) in [7, 11) is 0. The van der Waals surface area contributed by atoms with E-state index >= 15 is 0 Å². The molecule has 0 amide bonds. The number of aromatic amines is 1. The molecule has 1 aromatic carbocycles. The van der Waals surface area contributed by atoms with Gasteiger partial charge >= 0.3 is 6.18 Å². The predicted molar refractivity (Wildman–Crippen MR) is 96.3 cm³/mol. The van der Waals surface area contributed by atoms with Crippen LogP contribution in [0.1, 0.15) is 24.0 Å². The summed E-state index contributed by atoms with van der Waals surface area (Å²) >= 11 is 4.98. The smallest absolute Gasteiger partial charge is 0.353 e. The molecule has 0 saturated heterocycles. The molecule has 0 spiro atoms. The highest BCUT2D eigenvalue weighted by atomic mass is 79.9. The van der Waals surface area contributed by atoms with Gasteiger partial charge in [0.1, 0.15) is 0 Å². The van der Waals surface area contributed by atoms with E-state index in [-0.39, 0.29) is 5.52 Å². The average molecular weight is 417 g/mol. The van der Waals surface area contributed by atoms with Gasteiger partial charge in [-0.1, -0.05) is 12.1 Å². The number of unbranched alkanes of at least 4 members (excludes halogenated alkanes) is 1. The second-order valence-corrected chi connectivity index (χ2v) is 7.32. The first kappa shape index (κ1) is 17.5. The number of hydrogen-bond donors (Lipinski definition) is 2. The van der Waals surface area contributed by atoms with Crippen molar-refractivity contribution in [2.75, 3.05) is 6.54 Å². The molecular formula is C17H16BrF3N2S. The maximum Gasteiger partial charge on any atom is 0.418 e. The third-order valence-electron chi connectivity index (χ3n) is 3.97. The SMILES string of the molecule is NCCCCc1c(-c2sccc2Br)[nH]c2c(C(F)(F)F)cccc12. The molecule has 0 aliphatic carbocycles. The summed E-state index contributed by atoms with van der Waals surface area (Å²) in [5, 5.41) is 2.55. The molecule has 0 fully saturated rings. The Balaban J connectivity index is 2.22. The highest BCUT2D eigenvalue weighted by Crippen LogP contribution is 2.42. The highest BCUT2D eigenvalue weighted by molar-refractivity contribution is 9.10. The number of aryl methyl sites for hydroxylation is 1. The molecule has 0 aliphatic heterocycles. The Kier molecular flexibility index (Phi) is 5.03. The molecule has 7 heteroatoms. The first-order valence-corrected chi connectivity index (χ1v) is 9.25. The van der Waals surface area contributed by atoms with Crippen LogP contribution in [-0.4, -0.2) is 11.5 Å². The molecule has 2 heterocycles. The van der Waals surface area contributed by atoms with Gasteiger partial charge in [-0.25, -0.2) is 0 Å². The van der Waals surface area contributed by atoms with Crippen LogP contribution in [0.5, 0.6) is 0 Å². The van der Waals surface area contributed by atoms with Gasteiger partial charge in [0.15, 0.2) is 0 Å². The normalized spacial score (nSPS) is 12.2. The van der Waals surface area contributed by atoms with Gasteiger partial charge in [-0.15, -0.1) is 11.3 Å². The van der Waals surface area contributed by atoms with E-state index in [0.29, 0.717) is 18.4 Å². The molecule has 0 bridgehead atoms. The van der Waals surface area contributed by atoms with Gasteiger partial charge in [0.2, 0.25) is 0 Å². The lowest BCUT2D eigenvalue weighted by Gasteiger charge is -2.07. The Morgan fingerprint density at radius 2 is 1.96 bits per heavy atom. The van der Waals surface area contributed by atoms with E-state index in [2.05, 4.69) is 20.9 Å². The zero-order valence-electron chi connectivity index (χ0n) is 12.7.